The number of nitrogens with zero attached hydrogens (tertiary/aromatic N) is 1. The van der Waals surface area contributed by atoms with E-state index in [4.69, 9.17) is 22.9 Å². The van der Waals surface area contributed by atoms with E-state index in [2.05, 4.69) is 37.2 Å². The summed E-state index contributed by atoms with van der Waals surface area (Å²) in [4.78, 5) is 148. The van der Waals surface area contributed by atoms with E-state index in [1.165, 1.54) is 29.2 Å². The van der Waals surface area contributed by atoms with Crippen LogP contribution in [-0.4, -0.2) is 148 Å². The molecule has 68 heavy (non-hydrogen) atoms. The van der Waals surface area contributed by atoms with Crippen LogP contribution in [-0.2, 0) is 59.2 Å². The zero-order chi connectivity index (χ0) is 50.8. The van der Waals surface area contributed by atoms with Crippen LogP contribution in [0, 0.1) is 11.8 Å². The molecule has 3 rings (SSSR count). The largest absolute Gasteiger partial charge is 0.508 e. The molecule has 0 spiro atoms. The molecule has 2 aliphatic heterocycles. The number of carbonyl (C=O) groups excluding carboxylic acids is 11. The predicted octanol–water partition coefficient (Wildman–Crippen LogP) is -4.26. The highest BCUT2D eigenvalue weighted by molar-refractivity contribution is 7.99. The lowest BCUT2D eigenvalue weighted by atomic mass is 9.96. The van der Waals surface area contributed by atoms with Crippen molar-refractivity contribution in [3.8, 4) is 5.75 Å². The summed E-state index contributed by atoms with van der Waals surface area (Å²) in [5.41, 5.74) is 22.9. The number of benzene rings is 1. The number of phenolic OH excluding ortho intramolecular Hbond substituents is 1. The molecule has 0 aliphatic carbocycles. The Kier molecular flexibility index (Phi) is 22.0. The van der Waals surface area contributed by atoms with Crippen molar-refractivity contribution in [2.24, 2.45) is 34.8 Å². The van der Waals surface area contributed by atoms with Gasteiger partial charge in [-0.15, -0.1) is 0 Å². The SMILES string of the molecule is CC[C@H](C)[C@@H]1NC(=O)[C@H](Cc2ccc(O)cc2)NC(=O)[C@H](N)CSC[C@H](C(=O)N2CCC[C@H]2C(=O)N[C@@H](CC(C)C)C(=O)NCC(N)=O)NC(=O)[C@H](CC(N)=O)NC(=O)[C@H](CCC(N)=O)NC1=O. The van der Waals surface area contributed by atoms with Crippen molar-refractivity contribution in [2.45, 2.75) is 127 Å². The Morgan fingerprint density at radius 1 is 0.794 bits per heavy atom. The summed E-state index contributed by atoms with van der Waals surface area (Å²) < 4.78 is 0. The number of nitrogens with two attached hydrogens (primary N) is 4. The van der Waals surface area contributed by atoms with Crippen molar-refractivity contribution in [1.82, 2.24) is 42.1 Å². The highest BCUT2D eigenvalue weighted by Crippen LogP contribution is 2.22. The van der Waals surface area contributed by atoms with Gasteiger partial charge in [0.2, 0.25) is 65.0 Å². The van der Waals surface area contributed by atoms with Gasteiger partial charge in [-0.2, -0.15) is 11.8 Å². The maximum atomic E-state index is 14.5. The number of likely N-dealkylation sites (tertiary alicyclic amines) is 1. The van der Waals surface area contributed by atoms with Crippen LogP contribution in [0.2, 0.25) is 0 Å². The molecule has 2 aliphatic rings. The Bertz CT molecular complexity index is 2020. The molecule has 1 aromatic carbocycles. The van der Waals surface area contributed by atoms with E-state index < -0.39 is 145 Å². The number of aromatic hydroxyl groups is 1. The fraction of sp³-hybridized carbons (Fsp3) is 0.605. The first-order valence-corrected chi connectivity index (χ1v) is 23.5. The van der Waals surface area contributed by atoms with Crippen LogP contribution in [0.15, 0.2) is 24.3 Å². The molecule has 24 nitrogen and oxygen atoms in total. The van der Waals surface area contributed by atoms with Gasteiger partial charge in [0.15, 0.2) is 0 Å². The van der Waals surface area contributed by atoms with Crippen LogP contribution in [0.5, 0.6) is 5.75 Å². The number of carbonyl (C=O) groups is 11. The average molecular weight is 975 g/mol. The quantitative estimate of drug-likeness (QED) is 0.0704. The molecular weight excluding hydrogens is 909 g/mol. The summed E-state index contributed by atoms with van der Waals surface area (Å²) in [6.45, 7) is 6.57. The third-order valence-electron chi connectivity index (χ3n) is 11.3. The van der Waals surface area contributed by atoms with E-state index in [-0.39, 0.29) is 49.0 Å². The Hall–Kier alpha value is -6.50. The molecule has 9 atom stereocenters. The number of hydrogen-bond acceptors (Lipinski definition) is 14. The zero-order valence-electron chi connectivity index (χ0n) is 38.7. The van der Waals surface area contributed by atoms with Crippen LogP contribution in [0.1, 0.15) is 78.2 Å². The van der Waals surface area contributed by atoms with E-state index in [0.717, 1.165) is 11.8 Å². The second kappa shape index (κ2) is 26.7. The number of hydrogen-bond donors (Lipinski definition) is 12. The number of thioether (sulfide) groups is 1. The van der Waals surface area contributed by atoms with E-state index in [9.17, 15) is 57.8 Å². The third kappa shape index (κ3) is 17.6. The lowest BCUT2D eigenvalue weighted by Gasteiger charge is -2.31. The average Bonchev–Trinajstić information content (AvgIpc) is 3.77. The minimum Gasteiger partial charge on any atom is -0.508 e. The van der Waals surface area contributed by atoms with Gasteiger partial charge in [-0.25, -0.2) is 0 Å². The maximum absolute atomic E-state index is 14.5. The smallest absolute Gasteiger partial charge is 0.246 e. The van der Waals surface area contributed by atoms with Crippen LogP contribution < -0.4 is 60.2 Å². The molecule has 25 heteroatoms. The van der Waals surface area contributed by atoms with Gasteiger partial charge in [-0.05, 0) is 55.2 Å². The Morgan fingerprint density at radius 2 is 1.41 bits per heavy atom. The molecule has 11 amide bonds. The second-order valence-corrected chi connectivity index (χ2v) is 18.4. The molecule has 2 heterocycles. The minimum atomic E-state index is -1.76. The lowest BCUT2D eigenvalue weighted by Crippen LogP contribution is -2.61. The summed E-state index contributed by atoms with van der Waals surface area (Å²) in [6, 6.07) is -5.27. The monoisotopic (exact) mass is 974 g/mol. The van der Waals surface area contributed by atoms with Crippen LogP contribution in [0.3, 0.4) is 0 Å². The zero-order valence-corrected chi connectivity index (χ0v) is 39.5. The summed E-state index contributed by atoms with van der Waals surface area (Å²) in [6.07, 6.45) is -0.749. The van der Waals surface area contributed by atoms with E-state index in [0.29, 0.717) is 18.4 Å². The van der Waals surface area contributed by atoms with Crippen molar-refractivity contribution in [1.29, 1.82) is 0 Å². The Labute approximate surface area is 398 Å². The van der Waals surface area contributed by atoms with Gasteiger partial charge in [0.1, 0.15) is 48.0 Å². The van der Waals surface area contributed by atoms with Crippen molar-refractivity contribution < 1.29 is 57.8 Å². The van der Waals surface area contributed by atoms with E-state index in [1.807, 2.05) is 13.8 Å². The van der Waals surface area contributed by atoms with Crippen LogP contribution >= 0.6 is 11.8 Å². The first-order valence-electron chi connectivity index (χ1n) is 22.4. The summed E-state index contributed by atoms with van der Waals surface area (Å²) in [5, 5.41) is 27.6. The molecule has 0 aromatic heterocycles. The van der Waals surface area contributed by atoms with Gasteiger partial charge in [0.05, 0.1) is 19.0 Å². The molecule has 0 saturated carbocycles. The fourth-order valence-electron chi connectivity index (χ4n) is 7.42. The first-order chi connectivity index (χ1) is 32.0. The highest BCUT2D eigenvalue weighted by atomic mass is 32.2. The highest BCUT2D eigenvalue weighted by Gasteiger charge is 2.41. The topological polar surface area (TPSA) is 400 Å². The first kappa shape index (κ1) is 55.8. The molecule has 2 fully saturated rings. The minimum absolute atomic E-state index is 0.0312. The summed E-state index contributed by atoms with van der Waals surface area (Å²) >= 11 is 0.943. The van der Waals surface area contributed by atoms with Crippen LogP contribution in [0.25, 0.3) is 0 Å². The molecular formula is C43H66N12O12S. The van der Waals surface area contributed by atoms with Gasteiger partial charge in [0, 0.05) is 30.9 Å². The maximum Gasteiger partial charge on any atom is 0.246 e. The Balaban J connectivity index is 2.07. The number of phenols is 1. The molecule has 1 aromatic rings. The number of amides is 11. The standard InChI is InChI=1S/C43H66N12O12S/c1-5-22(4)35-42(66)49-26(12-13-32(45)57)38(62)51-29(17-33(46)58)39(63)53-30(20-68-19-25(44)36(60)50-28(40(64)54-35)16-23-8-10-24(56)11-9-23)43(67)55-14-6-7-31(55)41(65)52-27(15-21(2)3)37(61)48-18-34(47)59/h8-11,21-22,25-31,35,56H,5-7,12-20,44H2,1-4H3,(H2,45,57)(H2,46,58)(H2,47,59)(H,48,61)(H,49,66)(H,50,60)(H,51,62)(H,52,65)(H,53,63)(H,54,64)/t22-,25+,26-,27-,28-,29-,30+,31-,35-/m0/s1. The van der Waals surface area contributed by atoms with Gasteiger partial charge in [-0.1, -0.05) is 46.2 Å². The normalized spacial score (nSPS) is 24.3. The van der Waals surface area contributed by atoms with Crippen molar-refractivity contribution in [3.05, 3.63) is 29.8 Å². The van der Waals surface area contributed by atoms with Crippen LogP contribution in [0.4, 0.5) is 0 Å². The number of nitrogens with one attached hydrogen (secondary N) is 7. The van der Waals surface area contributed by atoms with E-state index >= 15 is 0 Å². The predicted molar refractivity (Wildman–Crippen MR) is 247 cm³/mol. The molecule has 376 valence electrons. The van der Waals surface area contributed by atoms with Gasteiger partial charge >= 0.3 is 0 Å². The van der Waals surface area contributed by atoms with Crippen molar-refractivity contribution in [3.63, 3.8) is 0 Å². The number of primary amides is 3. The molecule has 2 saturated heterocycles. The summed E-state index contributed by atoms with van der Waals surface area (Å²) in [7, 11) is 0. The fourth-order valence-corrected chi connectivity index (χ4v) is 8.42. The van der Waals surface area contributed by atoms with Crippen molar-refractivity contribution in [2.75, 3.05) is 24.6 Å². The van der Waals surface area contributed by atoms with E-state index in [1.54, 1.807) is 13.8 Å². The third-order valence-corrected chi connectivity index (χ3v) is 12.5. The van der Waals surface area contributed by atoms with Gasteiger partial charge < -0.3 is 70.2 Å². The molecule has 0 unspecified atom stereocenters. The molecule has 16 N–H and O–H groups in total. The van der Waals surface area contributed by atoms with Gasteiger partial charge in [0.25, 0.3) is 0 Å². The number of rotatable bonds is 17. The Morgan fingerprint density at radius 3 is 2.01 bits per heavy atom. The van der Waals surface area contributed by atoms with Gasteiger partial charge in [-0.3, -0.25) is 52.7 Å². The summed E-state index contributed by atoms with van der Waals surface area (Å²) in [5.74, 6) is -10.7. The molecule has 0 radical (unpaired) electrons. The molecule has 0 bridgehead atoms. The lowest BCUT2D eigenvalue weighted by molar-refractivity contribution is -0.142. The second-order valence-electron chi connectivity index (χ2n) is 17.4. The van der Waals surface area contributed by atoms with Crippen molar-refractivity contribution >= 4 is 76.7 Å².